The van der Waals surface area contributed by atoms with Gasteiger partial charge in [0.15, 0.2) is 0 Å². The van der Waals surface area contributed by atoms with Gasteiger partial charge in [0.25, 0.3) is 0 Å². The second kappa shape index (κ2) is 14.8. The van der Waals surface area contributed by atoms with Crippen molar-refractivity contribution in [1.29, 1.82) is 0 Å². The highest BCUT2D eigenvalue weighted by molar-refractivity contribution is 5.75. The van der Waals surface area contributed by atoms with E-state index >= 15 is 0 Å². The number of unbranched alkanes of at least 4 members (excludes halogenated alkanes) is 10. The average molecular weight is 348 g/mol. The van der Waals surface area contributed by atoms with Crippen LogP contribution in [0.25, 0.3) is 0 Å². The molecule has 0 bridgehead atoms. The van der Waals surface area contributed by atoms with Gasteiger partial charge < -0.3 is 10.1 Å². The molecule has 1 aromatic carbocycles. The van der Waals surface area contributed by atoms with Gasteiger partial charge in [0.1, 0.15) is 5.75 Å². The number of hydrogen-bond donors (Lipinski definition) is 1. The van der Waals surface area contributed by atoms with Gasteiger partial charge in [-0.3, -0.25) is 4.79 Å². The first-order chi connectivity index (χ1) is 12.3. The van der Waals surface area contributed by atoms with E-state index in [1.54, 1.807) is 7.11 Å². The summed E-state index contributed by atoms with van der Waals surface area (Å²) < 4.78 is 5.13. The van der Waals surface area contributed by atoms with E-state index in [0.29, 0.717) is 13.0 Å². The van der Waals surface area contributed by atoms with E-state index in [2.05, 4.69) is 12.2 Å². The van der Waals surface area contributed by atoms with Gasteiger partial charge >= 0.3 is 0 Å². The van der Waals surface area contributed by atoms with Crippen molar-refractivity contribution in [1.82, 2.24) is 5.32 Å². The van der Waals surface area contributed by atoms with Gasteiger partial charge in [0, 0.05) is 13.0 Å². The lowest BCUT2D eigenvalue weighted by molar-refractivity contribution is -0.121. The largest absolute Gasteiger partial charge is 0.497 e. The Morgan fingerprint density at radius 1 is 0.840 bits per heavy atom. The number of hydrogen-bond acceptors (Lipinski definition) is 2. The quantitative estimate of drug-likeness (QED) is 0.394. The van der Waals surface area contributed by atoms with Crippen LogP contribution < -0.4 is 10.1 Å². The normalized spacial score (nSPS) is 10.6. The van der Waals surface area contributed by atoms with E-state index in [-0.39, 0.29) is 5.91 Å². The standard InChI is InChI=1S/C22H37NO2/c1-3-4-5-6-7-8-9-10-11-12-13-14-22(24)23-19-20-15-17-21(25-2)18-16-20/h15-18H,3-14,19H2,1-2H3,(H,23,24). The van der Waals surface area contributed by atoms with Crippen molar-refractivity contribution < 1.29 is 9.53 Å². The Labute approximate surface area is 154 Å². The van der Waals surface area contributed by atoms with Crippen LogP contribution >= 0.6 is 0 Å². The van der Waals surface area contributed by atoms with Crippen LogP contribution in [-0.2, 0) is 11.3 Å². The van der Waals surface area contributed by atoms with Crippen molar-refractivity contribution in [3.8, 4) is 5.75 Å². The highest BCUT2D eigenvalue weighted by Crippen LogP contribution is 2.13. The highest BCUT2D eigenvalue weighted by Gasteiger charge is 2.02. The van der Waals surface area contributed by atoms with Gasteiger partial charge in [0.2, 0.25) is 5.91 Å². The minimum atomic E-state index is 0.159. The Bertz CT molecular complexity index is 442. The van der Waals surface area contributed by atoms with Crippen LogP contribution in [0.3, 0.4) is 0 Å². The third kappa shape index (κ3) is 11.6. The summed E-state index contributed by atoms with van der Waals surface area (Å²) in [5.41, 5.74) is 1.10. The Hall–Kier alpha value is -1.51. The maximum absolute atomic E-state index is 11.9. The summed E-state index contributed by atoms with van der Waals surface area (Å²) in [7, 11) is 1.66. The second-order valence-electron chi connectivity index (χ2n) is 6.91. The zero-order chi connectivity index (χ0) is 18.2. The van der Waals surface area contributed by atoms with Crippen molar-refractivity contribution in [3.05, 3.63) is 29.8 Å². The molecule has 0 atom stereocenters. The molecule has 0 heterocycles. The molecular formula is C22H37NO2. The molecule has 0 unspecified atom stereocenters. The number of rotatable bonds is 15. The lowest BCUT2D eigenvalue weighted by Crippen LogP contribution is -2.22. The summed E-state index contributed by atoms with van der Waals surface area (Å²) >= 11 is 0. The predicted octanol–water partition coefficient (Wildman–Crippen LogP) is 6.01. The molecule has 1 aromatic rings. The van der Waals surface area contributed by atoms with Crippen molar-refractivity contribution in [3.63, 3.8) is 0 Å². The molecule has 0 aliphatic carbocycles. The number of amides is 1. The minimum absolute atomic E-state index is 0.159. The van der Waals surface area contributed by atoms with E-state index in [4.69, 9.17) is 4.74 Å². The Kier molecular flexibility index (Phi) is 12.7. The third-order valence-electron chi connectivity index (χ3n) is 4.66. The van der Waals surface area contributed by atoms with E-state index in [0.717, 1.165) is 17.7 Å². The molecule has 0 saturated heterocycles. The average Bonchev–Trinajstić information content (AvgIpc) is 2.65. The molecule has 0 aliphatic rings. The molecule has 0 saturated carbocycles. The molecule has 0 aliphatic heterocycles. The van der Waals surface area contributed by atoms with Crippen LogP contribution in [0.15, 0.2) is 24.3 Å². The van der Waals surface area contributed by atoms with Crippen LogP contribution in [-0.4, -0.2) is 13.0 Å². The van der Waals surface area contributed by atoms with Crippen LogP contribution in [0.2, 0.25) is 0 Å². The van der Waals surface area contributed by atoms with Crippen molar-refractivity contribution >= 4 is 5.91 Å². The molecule has 3 nitrogen and oxygen atoms in total. The smallest absolute Gasteiger partial charge is 0.220 e. The van der Waals surface area contributed by atoms with Gasteiger partial charge in [-0.1, -0.05) is 83.3 Å². The highest BCUT2D eigenvalue weighted by atomic mass is 16.5. The van der Waals surface area contributed by atoms with Gasteiger partial charge in [0.05, 0.1) is 7.11 Å². The topological polar surface area (TPSA) is 38.3 Å². The molecule has 1 amide bonds. The van der Waals surface area contributed by atoms with Crippen molar-refractivity contribution in [2.75, 3.05) is 7.11 Å². The zero-order valence-corrected chi connectivity index (χ0v) is 16.3. The maximum Gasteiger partial charge on any atom is 0.220 e. The Morgan fingerprint density at radius 3 is 1.88 bits per heavy atom. The number of benzene rings is 1. The SMILES string of the molecule is CCCCCCCCCCCCCC(=O)NCc1ccc(OC)cc1. The summed E-state index contributed by atoms with van der Waals surface area (Å²) in [6, 6.07) is 7.82. The van der Waals surface area contributed by atoms with Crippen molar-refractivity contribution in [2.45, 2.75) is 90.5 Å². The van der Waals surface area contributed by atoms with Crippen LogP contribution in [0.4, 0.5) is 0 Å². The summed E-state index contributed by atoms with van der Waals surface area (Å²) in [5, 5.41) is 2.99. The molecule has 25 heavy (non-hydrogen) atoms. The Balaban J connectivity index is 1.91. The lowest BCUT2D eigenvalue weighted by Gasteiger charge is -2.06. The van der Waals surface area contributed by atoms with Crippen LogP contribution in [0.1, 0.15) is 89.5 Å². The molecule has 0 spiro atoms. The first-order valence-corrected chi connectivity index (χ1v) is 10.2. The Morgan fingerprint density at radius 2 is 1.36 bits per heavy atom. The lowest BCUT2D eigenvalue weighted by atomic mass is 10.1. The predicted molar refractivity (Wildman–Crippen MR) is 106 cm³/mol. The second-order valence-corrected chi connectivity index (χ2v) is 6.91. The fourth-order valence-corrected chi connectivity index (χ4v) is 2.98. The summed E-state index contributed by atoms with van der Waals surface area (Å²) in [6.07, 6.45) is 15.1. The maximum atomic E-state index is 11.9. The molecule has 0 aromatic heterocycles. The van der Waals surface area contributed by atoms with Gasteiger partial charge in [-0.05, 0) is 24.1 Å². The monoisotopic (exact) mass is 347 g/mol. The minimum Gasteiger partial charge on any atom is -0.497 e. The summed E-state index contributed by atoms with van der Waals surface area (Å²) in [6.45, 7) is 2.86. The molecule has 0 fully saturated rings. The van der Waals surface area contributed by atoms with E-state index in [1.807, 2.05) is 24.3 Å². The van der Waals surface area contributed by atoms with Crippen molar-refractivity contribution in [2.24, 2.45) is 0 Å². The number of carbonyl (C=O) groups excluding carboxylic acids is 1. The molecule has 3 heteroatoms. The van der Waals surface area contributed by atoms with Gasteiger partial charge in [-0.25, -0.2) is 0 Å². The van der Waals surface area contributed by atoms with Crippen LogP contribution in [0, 0.1) is 0 Å². The fourth-order valence-electron chi connectivity index (χ4n) is 2.98. The first kappa shape index (κ1) is 21.5. The summed E-state index contributed by atoms with van der Waals surface area (Å²) in [5.74, 6) is 1.00. The molecule has 1 rings (SSSR count). The number of carbonyl (C=O) groups is 1. The van der Waals surface area contributed by atoms with Crippen LogP contribution in [0.5, 0.6) is 5.75 Å². The van der Waals surface area contributed by atoms with E-state index in [1.165, 1.54) is 64.2 Å². The number of nitrogens with one attached hydrogen (secondary N) is 1. The third-order valence-corrected chi connectivity index (χ3v) is 4.66. The molecule has 0 radical (unpaired) electrons. The molecular weight excluding hydrogens is 310 g/mol. The number of ether oxygens (including phenoxy) is 1. The zero-order valence-electron chi connectivity index (χ0n) is 16.3. The summed E-state index contributed by atoms with van der Waals surface area (Å²) in [4.78, 5) is 11.9. The van der Waals surface area contributed by atoms with E-state index < -0.39 is 0 Å². The molecule has 142 valence electrons. The van der Waals surface area contributed by atoms with E-state index in [9.17, 15) is 4.79 Å². The van der Waals surface area contributed by atoms with Gasteiger partial charge in [-0.15, -0.1) is 0 Å². The van der Waals surface area contributed by atoms with Gasteiger partial charge in [-0.2, -0.15) is 0 Å². The number of methoxy groups -OCH3 is 1. The first-order valence-electron chi connectivity index (χ1n) is 10.2. The fraction of sp³-hybridized carbons (Fsp3) is 0.682. The molecule has 1 N–H and O–H groups in total.